The summed E-state index contributed by atoms with van der Waals surface area (Å²) in [7, 11) is 1.80. The summed E-state index contributed by atoms with van der Waals surface area (Å²) in [4.78, 5) is 12.6. The molecule has 0 saturated carbocycles. The van der Waals surface area contributed by atoms with E-state index in [1.54, 1.807) is 7.05 Å². The average Bonchev–Trinajstić information content (AvgIpc) is 3.17. The van der Waals surface area contributed by atoms with Gasteiger partial charge in [0, 0.05) is 29.7 Å². The molecule has 124 valence electrons. The van der Waals surface area contributed by atoms with Crippen LogP contribution in [0.4, 0.5) is 5.13 Å². The Balaban J connectivity index is 1.78. The molecule has 0 unspecified atom stereocenters. The van der Waals surface area contributed by atoms with Crippen LogP contribution in [0, 0.1) is 13.8 Å². The molecule has 7 heteroatoms. The molecule has 24 heavy (non-hydrogen) atoms. The van der Waals surface area contributed by atoms with E-state index in [4.69, 9.17) is 0 Å². The van der Waals surface area contributed by atoms with Gasteiger partial charge in [-0.3, -0.25) is 4.79 Å². The monoisotopic (exact) mass is 358 g/mol. The third-order valence-corrected chi connectivity index (χ3v) is 5.77. The normalized spacial score (nSPS) is 10.8. The topological polar surface area (TPSA) is 59.8 Å². The van der Waals surface area contributed by atoms with Gasteiger partial charge in [-0.05, 0) is 32.0 Å². The Hall–Kier alpha value is -2.12. The molecule has 0 spiro atoms. The van der Waals surface area contributed by atoms with E-state index < -0.39 is 0 Å². The van der Waals surface area contributed by atoms with E-state index in [1.807, 2.05) is 50.2 Å². The highest BCUT2D eigenvalue weighted by atomic mass is 32.2. The van der Waals surface area contributed by atoms with Gasteiger partial charge >= 0.3 is 0 Å². The number of ketones is 1. The van der Waals surface area contributed by atoms with E-state index in [1.165, 1.54) is 23.1 Å². The predicted molar refractivity (Wildman–Crippen MR) is 99.8 cm³/mol. The molecule has 0 aliphatic rings. The number of thioether (sulfide) groups is 1. The highest BCUT2D eigenvalue weighted by Gasteiger charge is 2.17. The SMILES string of the molecule is CNc1nnc(SCC(=O)c2cc(C)n(-c3ccccc3)c2C)s1. The lowest BCUT2D eigenvalue weighted by Gasteiger charge is -2.09. The maximum atomic E-state index is 12.6. The fourth-order valence-electron chi connectivity index (χ4n) is 2.59. The van der Waals surface area contributed by atoms with Crippen LogP contribution in [-0.2, 0) is 0 Å². The number of nitrogens with zero attached hydrogens (tertiary/aromatic N) is 3. The Bertz CT molecular complexity index is 855. The van der Waals surface area contributed by atoms with Gasteiger partial charge in [-0.25, -0.2) is 0 Å². The molecule has 2 heterocycles. The van der Waals surface area contributed by atoms with Crippen LogP contribution in [0.25, 0.3) is 5.69 Å². The summed E-state index contributed by atoms with van der Waals surface area (Å²) in [6, 6.07) is 12.0. The van der Waals surface area contributed by atoms with Crippen molar-refractivity contribution >= 4 is 34.0 Å². The molecular weight excluding hydrogens is 340 g/mol. The molecule has 1 aromatic carbocycles. The molecule has 0 fully saturated rings. The molecule has 0 saturated heterocycles. The number of hydrogen-bond donors (Lipinski definition) is 1. The minimum Gasteiger partial charge on any atom is -0.363 e. The molecule has 1 N–H and O–H groups in total. The molecule has 0 aliphatic heterocycles. The maximum Gasteiger partial charge on any atom is 0.206 e. The highest BCUT2D eigenvalue weighted by Crippen LogP contribution is 2.27. The Labute approximate surface area is 149 Å². The zero-order chi connectivity index (χ0) is 17.1. The number of aryl methyl sites for hydroxylation is 1. The number of nitrogens with one attached hydrogen (secondary N) is 1. The largest absolute Gasteiger partial charge is 0.363 e. The van der Waals surface area contributed by atoms with Crippen molar-refractivity contribution in [2.24, 2.45) is 0 Å². The Kier molecular flexibility index (Phi) is 5.01. The van der Waals surface area contributed by atoms with Crippen LogP contribution in [-0.4, -0.2) is 33.3 Å². The molecule has 0 atom stereocenters. The Morgan fingerprint density at radius 3 is 2.67 bits per heavy atom. The average molecular weight is 358 g/mol. The van der Waals surface area contributed by atoms with E-state index in [0.717, 1.165) is 32.1 Å². The van der Waals surface area contributed by atoms with Gasteiger partial charge in [0.25, 0.3) is 0 Å². The molecule has 0 amide bonds. The van der Waals surface area contributed by atoms with Gasteiger partial charge in [0.1, 0.15) is 0 Å². The number of para-hydroxylation sites is 1. The number of rotatable bonds is 6. The van der Waals surface area contributed by atoms with Crippen LogP contribution in [0.5, 0.6) is 0 Å². The predicted octanol–water partition coefficient (Wildman–Crippen LogP) is 3.96. The number of carbonyl (C=O) groups is 1. The van der Waals surface area contributed by atoms with Gasteiger partial charge < -0.3 is 9.88 Å². The molecule has 3 rings (SSSR count). The van der Waals surface area contributed by atoms with E-state index in [2.05, 4.69) is 20.1 Å². The van der Waals surface area contributed by atoms with Crippen molar-refractivity contribution in [1.82, 2.24) is 14.8 Å². The van der Waals surface area contributed by atoms with Crippen molar-refractivity contribution in [3.05, 3.63) is 53.3 Å². The number of benzene rings is 1. The molecular formula is C17H18N4OS2. The first kappa shape index (κ1) is 16.7. The highest BCUT2D eigenvalue weighted by molar-refractivity contribution is 8.01. The van der Waals surface area contributed by atoms with Crippen molar-refractivity contribution in [1.29, 1.82) is 0 Å². The standard InChI is InChI=1S/C17H18N4OS2/c1-11-9-14(12(2)21(11)13-7-5-4-6-8-13)15(22)10-23-17-20-19-16(18-3)24-17/h4-9H,10H2,1-3H3,(H,18,19). The summed E-state index contributed by atoms with van der Waals surface area (Å²) < 4.78 is 2.91. The van der Waals surface area contributed by atoms with Gasteiger partial charge in [0.2, 0.25) is 5.13 Å². The molecule has 3 aromatic rings. The zero-order valence-electron chi connectivity index (χ0n) is 13.7. The summed E-state index contributed by atoms with van der Waals surface area (Å²) in [6.45, 7) is 4.01. The molecule has 0 radical (unpaired) electrons. The van der Waals surface area contributed by atoms with E-state index in [-0.39, 0.29) is 5.78 Å². The number of hydrogen-bond acceptors (Lipinski definition) is 6. The van der Waals surface area contributed by atoms with Crippen molar-refractivity contribution < 1.29 is 4.79 Å². The summed E-state index contributed by atoms with van der Waals surface area (Å²) >= 11 is 2.88. The first-order chi connectivity index (χ1) is 11.6. The zero-order valence-corrected chi connectivity index (χ0v) is 15.4. The summed E-state index contributed by atoms with van der Waals surface area (Å²) in [5, 5.41) is 11.7. The summed E-state index contributed by atoms with van der Waals surface area (Å²) in [5.41, 5.74) is 3.86. The van der Waals surface area contributed by atoms with Crippen molar-refractivity contribution in [2.75, 3.05) is 18.1 Å². The van der Waals surface area contributed by atoms with Crippen molar-refractivity contribution in [3.63, 3.8) is 0 Å². The lowest BCUT2D eigenvalue weighted by molar-refractivity contribution is 0.102. The smallest absolute Gasteiger partial charge is 0.206 e. The second kappa shape index (κ2) is 7.19. The van der Waals surface area contributed by atoms with Gasteiger partial charge in [-0.15, -0.1) is 10.2 Å². The maximum absolute atomic E-state index is 12.6. The van der Waals surface area contributed by atoms with E-state index in [0.29, 0.717) is 5.75 Å². The molecule has 2 aromatic heterocycles. The summed E-state index contributed by atoms with van der Waals surface area (Å²) in [5.74, 6) is 0.466. The Morgan fingerprint density at radius 2 is 2.00 bits per heavy atom. The second-order valence-corrected chi connectivity index (χ2v) is 7.49. The van der Waals surface area contributed by atoms with Gasteiger partial charge in [0.05, 0.1) is 5.75 Å². The summed E-state index contributed by atoms with van der Waals surface area (Å²) in [6.07, 6.45) is 0. The number of Topliss-reactive ketones (excluding diaryl/α,β-unsaturated/α-hetero) is 1. The minimum absolute atomic E-state index is 0.108. The molecule has 0 bridgehead atoms. The van der Waals surface area contributed by atoms with Crippen LogP contribution in [0.3, 0.4) is 0 Å². The fraction of sp³-hybridized carbons (Fsp3) is 0.235. The van der Waals surface area contributed by atoms with Crippen molar-refractivity contribution in [3.8, 4) is 5.69 Å². The third-order valence-electron chi connectivity index (χ3n) is 3.69. The van der Waals surface area contributed by atoms with E-state index >= 15 is 0 Å². The lowest BCUT2D eigenvalue weighted by Crippen LogP contribution is -2.05. The van der Waals surface area contributed by atoms with Crippen LogP contribution in [0.15, 0.2) is 40.7 Å². The first-order valence-corrected chi connectivity index (χ1v) is 9.32. The van der Waals surface area contributed by atoms with Gasteiger partial charge in [-0.1, -0.05) is 41.3 Å². The molecule has 5 nitrogen and oxygen atoms in total. The molecule has 0 aliphatic carbocycles. The van der Waals surface area contributed by atoms with E-state index in [9.17, 15) is 4.79 Å². The van der Waals surface area contributed by atoms with Crippen LogP contribution < -0.4 is 5.32 Å². The third kappa shape index (κ3) is 3.37. The number of anilines is 1. The first-order valence-electron chi connectivity index (χ1n) is 7.51. The minimum atomic E-state index is 0.108. The lowest BCUT2D eigenvalue weighted by atomic mass is 10.2. The Morgan fingerprint density at radius 1 is 1.25 bits per heavy atom. The quantitative estimate of drug-likeness (QED) is 0.534. The van der Waals surface area contributed by atoms with Gasteiger partial charge in [-0.2, -0.15) is 0 Å². The number of aromatic nitrogens is 3. The van der Waals surface area contributed by atoms with Crippen LogP contribution in [0.2, 0.25) is 0 Å². The fourth-order valence-corrected chi connectivity index (χ4v) is 4.18. The van der Waals surface area contributed by atoms with Crippen LogP contribution in [0.1, 0.15) is 21.7 Å². The van der Waals surface area contributed by atoms with Gasteiger partial charge in [0.15, 0.2) is 10.1 Å². The van der Waals surface area contributed by atoms with Crippen molar-refractivity contribution in [2.45, 2.75) is 18.2 Å². The number of carbonyl (C=O) groups excluding carboxylic acids is 1. The van der Waals surface area contributed by atoms with Crippen LogP contribution >= 0.6 is 23.1 Å². The second-order valence-electron chi connectivity index (χ2n) is 5.29.